The normalized spacial score (nSPS) is 16.8. The molecule has 236 valence electrons. The Bertz CT molecular complexity index is 798. The predicted molar refractivity (Wildman–Crippen MR) is 69.2 cm³/mol. The number of hydrogen-bond donors (Lipinski definition) is 0. The monoisotopic (exact) mass is 670 g/mol. The quantitative estimate of drug-likeness (QED) is 0.215. The van der Waals surface area contributed by atoms with Crippen LogP contribution in [0.25, 0.3) is 0 Å². The van der Waals surface area contributed by atoms with E-state index < -0.39 is 71.6 Å². The molecular formula is C12F26S. The zero-order chi connectivity index (χ0) is 32.0. The lowest BCUT2D eigenvalue weighted by molar-refractivity contribution is -0.484. The predicted octanol–water partition coefficient (Wildman–Crippen LogP) is 9.11. The lowest BCUT2D eigenvalue weighted by Crippen LogP contribution is -2.78. The molecule has 0 nitrogen and oxygen atoms in total. The zero-order valence-corrected chi connectivity index (χ0v) is 17.1. The van der Waals surface area contributed by atoms with Crippen LogP contribution < -0.4 is 0 Å². The maximum absolute atomic E-state index is 13.3. The minimum absolute atomic E-state index is 0. The van der Waals surface area contributed by atoms with E-state index in [-0.39, 0.29) is 13.5 Å². The molecule has 0 unspecified atom stereocenters. The number of alkyl halides is 26. The molecule has 0 rings (SSSR count). The van der Waals surface area contributed by atoms with Crippen LogP contribution >= 0.6 is 13.5 Å². The average Bonchev–Trinajstić information content (AvgIpc) is 2.64. The maximum Gasteiger partial charge on any atom is 0.460 e. The van der Waals surface area contributed by atoms with E-state index in [2.05, 4.69) is 0 Å². The number of halogens is 26. The molecule has 0 amide bonds. The zero-order valence-electron chi connectivity index (χ0n) is 16.2. The van der Waals surface area contributed by atoms with Gasteiger partial charge in [0.25, 0.3) is 0 Å². The van der Waals surface area contributed by atoms with E-state index in [0.717, 1.165) is 0 Å². The largest absolute Gasteiger partial charge is 0.460 e. The van der Waals surface area contributed by atoms with Gasteiger partial charge in [-0.25, -0.2) is 0 Å². The van der Waals surface area contributed by atoms with Crippen molar-refractivity contribution in [1.82, 2.24) is 0 Å². The SMILES string of the molecule is FC(F)(F)C(F)(F)C(F)(F)C(F)(F)C(F)(F)C(F)(F)C(F)(F)C(F)(F)C(F)(F)C(F)(F)C(F)(F)C(F)(F)F.[S]. The van der Waals surface area contributed by atoms with Gasteiger partial charge in [-0.15, -0.1) is 0 Å². The first-order chi connectivity index (χ1) is 15.8. The van der Waals surface area contributed by atoms with E-state index in [1.165, 1.54) is 0 Å². The van der Waals surface area contributed by atoms with E-state index in [1.54, 1.807) is 0 Å². The first-order valence-electron chi connectivity index (χ1n) is 7.66. The Morgan fingerprint density at radius 3 is 0.308 bits per heavy atom. The molecule has 0 saturated heterocycles. The van der Waals surface area contributed by atoms with Crippen molar-refractivity contribution in [2.24, 2.45) is 0 Å². The highest BCUT2D eigenvalue weighted by Crippen LogP contribution is 2.67. The van der Waals surface area contributed by atoms with Crippen LogP contribution in [0.2, 0.25) is 0 Å². The van der Waals surface area contributed by atoms with E-state index in [1.807, 2.05) is 0 Å². The number of rotatable bonds is 9. The van der Waals surface area contributed by atoms with Crippen LogP contribution in [0.5, 0.6) is 0 Å². The van der Waals surface area contributed by atoms with Gasteiger partial charge in [-0.05, 0) is 0 Å². The molecule has 0 bridgehead atoms. The molecule has 2 radical (unpaired) electrons. The third kappa shape index (κ3) is 4.58. The summed E-state index contributed by atoms with van der Waals surface area (Å²) < 4.78 is 332. The lowest BCUT2D eigenvalue weighted by Gasteiger charge is -2.45. The smallest absolute Gasteiger partial charge is 0.192 e. The van der Waals surface area contributed by atoms with Gasteiger partial charge in [-0.3, -0.25) is 0 Å². The fourth-order valence-electron chi connectivity index (χ4n) is 1.93. The fourth-order valence-corrected chi connectivity index (χ4v) is 1.93. The molecule has 0 aromatic rings. The van der Waals surface area contributed by atoms with Crippen LogP contribution in [-0.2, 0) is 0 Å². The summed E-state index contributed by atoms with van der Waals surface area (Å²) in [5.74, 6) is -92.8. The Kier molecular flexibility index (Phi) is 9.43. The summed E-state index contributed by atoms with van der Waals surface area (Å²) in [6.45, 7) is 0. The molecule has 0 aromatic carbocycles. The van der Waals surface area contributed by atoms with Crippen LogP contribution in [0, 0.1) is 0 Å². The molecule has 0 saturated carbocycles. The van der Waals surface area contributed by atoms with E-state index in [9.17, 15) is 114 Å². The van der Waals surface area contributed by atoms with Crippen molar-refractivity contribution < 1.29 is 114 Å². The summed E-state index contributed by atoms with van der Waals surface area (Å²) in [4.78, 5) is 0. The van der Waals surface area contributed by atoms with Gasteiger partial charge in [0.2, 0.25) is 0 Å². The highest BCUT2D eigenvalue weighted by Gasteiger charge is 2.99. The Morgan fingerprint density at radius 2 is 0.231 bits per heavy atom. The van der Waals surface area contributed by atoms with Gasteiger partial charge in [-0.2, -0.15) is 114 Å². The topological polar surface area (TPSA) is 0 Å². The second-order valence-electron chi connectivity index (χ2n) is 6.74. The van der Waals surface area contributed by atoms with Crippen LogP contribution in [-0.4, -0.2) is 71.6 Å². The molecule has 39 heavy (non-hydrogen) atoms. The van der Waals surface area contributed by atoms with Gasteiger partial charge >= 0.3 is 71.6 Å². The molecule has 27 heteroatoms. The van der Waals surface area contributed by atoms with E-state index in [4.69, 9.17) is 0 Å². The van der Waals surface area contributed by atoms with Gasteiger partial charge in [0.1, 0.15) is 0 Å². The standard InChI is InChI=1S/C12F26.S/c13-1(14,3(17,18)5(21,22)7(25,26)9(29,30)11(33,34)35)2(15,16)4(19,20)6(23,24)8(27,28)10(31,32)12(36,37)38;. The summed E-state index contributed by atoms with van der Waals surface area (Å²) in [6.07, 6.45) is -16.4. The Labute approximate surface area is 200 Å². The summed E-state index contributed by atoms with van der Waals surface area (Å²) >= 11 is 0. The molecule has 0 aliphatic carbocycles. The summed E-state index contributed by atoms with van der Waals surface area (Å²) in [5.41, 5.74) is 0. The second kappa shape index (κ2) is 9.27. The summed E-state index contributed by atoms with van der Waals surface area (Å²) in [7, 11) is 0. The molecule has 0 spiro atoms. The molecule has 0 fully saturated rings. The Hall–Kier alpha value is -1.47. The second-order valence-corrected chi connectivity index (χ2v) is 6.74. The van der Waals surface area contributed by atoms with Gasteiger partial charge in [0.05, 0.1) is 0 Å². The van der Waals surface area contributed by atoms with Crippen molar-refractivity contribution in [2.45, 2.75) is 71.6 Å². The summed E-state index contributed by atoms with van der Waals surface area (Å²) in [6, 6.07) is 0. The van der Waals surface area contributed by atoms with Crippen molar-refractivity contribution in [3.05, 3.63) is 0 Å². The van der Waals surface area contributed by atoms with Crippen LogP contribution in [0.1, 0.15) is 0 Å². The highest BCUT2D eigenvalue weighted by molar-refractivity contribution is 7.59. The lowest BCUT2D eigenvalue weighted by atomic mass is 9.85. The molecule has 0 aromatic heterocycles. The molecule has 0 aliphatic rings. The first kappa shape index (κ1) is 39.7. The minimum Gasteiger partial charge on any atom is -0.192 e. The molecule has 0 aliphatic heterocycles. The molecule has 0 N–H and O–H groups in total. The van der Waals surface area contributed by atoms with Crippen molar-refractivity contribution in [2.75, 3.05) is 0 Å². The molecule has 0 atom stereocenters. The van der Waals surface area contributed by atoms with Gasteiger partial charge in [0, 0.05) is 13.5 Å². The van der Waals surface area contributed by atoms with E-state index >= 15 is 0 Å². The Morgan fingerprint density at radius 1 is 0.154 bits per heavy atom. The first-order valence-corrected chi connectivity index (χ1v) is 7.66. The van der Waals surface area contributed by atoms with Gasteiger partial charge in [0.15, 0.2) is 0 Å². The number of hydrogen-bond acceptors (Lipinski definition) is 0. The minimum atomic E-state index is -9.65. The van der Waals surface area contributed by atoms with Gasteiger partial charge < -0.3 is 0 Å². The van der Waals surface area contributed by atoms with Crippen molar-refractivity contribution in [1.29, 1.82) is 0 Å². The van der Waals surface area contributed by atoms with Crippen molar-refractivity contribution in [3.63, 3.8) is 0 Å². The van der Waals surface area contributed by atoms with Gasteiger partial charge in [-0.1, -0.05) is 0 Å². The van der Waals surface area contributed by atoms with Crippen LogP contribution in [0.4, 0.5) is 114 Å². The maximum atomic E-state index is 13.3. The average molecular weight is 670 g/mol. The molecule has 0 heterocycles. The molecular weight excluding hydrogens is 670 g/mol. The Balaban J connectivity index is 0. The van der Waals surface area contributed by atoms with E-state index in [0.29, 0.717) is 0 Å². The third-order valence-corrected chi connectivity index (χ3v) is 4.26. The highest BCUT2D eigenvalue weighted by atomic mass is 32.1. The van der Waals surface area contributed by atoms with Crippen LogP contribution in [0.3, 0.4) is 0 Å². The van der Waals surface area contributed by atoms with Crippen molar-refractivity contribution >= 4 is 13.5 Å². The third-order valence-electron chi connectivity index (χ3n) is 4.26. The van der Waals surface area contributed by atoms with Crippen LogP contribution in [0.15, 0.2) is 0 Å². The summed E-state index contributed by atoms with van der Waals surface area (Å²) in [5, 5.41) is 0. The van der Waals surface area contributed by atoms with Crippen molar-refractivity contribution in [3.8, 4) is 0 Å². The fraction of sp³-hybridized carbons (Fsp3) is 1.00.